The zero-order valence-electron chi connectivity index (χ0n) is 13.8. The maximum absolute atomic E-state index is 12.4. The van der Waals surface area contributed by atoms with Crippen molar-refractivity contribution in [1.82, 2.24) is 5.32 Å². The summed E-state index contributed by atoms with van der Waals surface area (Å²) in [6.07, 6.45) is 0. The van der Waals surface area contributed by atoms with Crippen LogP contribution >= 0.6 is 0 Å². The van der Waals surface area contributed by atoms with Crippen LogP contribution in [0.4, 0.5) is 5.69 Å². The van der Waals surface area contributed by atoms with E-state index < -0.39 is 11.8 Å². The first-order chi connectivity index (χ1) is 12.1. The summed E-state index contributed by atoms with van der Waals surface area (Å²) in [6, 6.07) is 16.1. The average Bonchev–Trinajstić information content (AvgIpc) is 2.61. The number of fused-ring (bicyclic) bond motifs is 1. The second-order valence-corrected chi connectivity index (χ2v) is 5.30. The van der Waals surface area contributed by atoms with Gasteiger partial charge in [-0.15, -0.1) is 0 Å². The molecule has 1 N–H and O–H groups in total. The summed E-state index contributed by atoms with van der Waals surface area (Å²) < 4.78 is 11.2. The molecule has 0 saturated heterocycles. The van der Waals surface area contributed by atoms with Gasteiger partial charge < -0.3 is 9.15 Å². The number of nitrogens with zero attached hydrogens (tertiary/aromatic N) is 1. The topological polar surface area (TPSA) is 80.9 Å². The highest BCUT2D eigenvalue weighted by Crippen LogP contribution is 2.24. The lowest BCUT2D eigenvalue weighted by molar-refractivity contribution is -0.118. The van der Waals surface area contributed by atoms with Gasteiger partial charge in [-0.05, 0) is 24.3 Å². The summed E-state index contributed by atoms with van der Waals surface area (Å²) in [4.78, 5) is 28.0. The van der Waals surface area contributed by atoms with Crippen LogP contribution in [-0.2, 0) is 4.79 Å². The molecule has 6 heteroatoms. The predicted molar refractivity (Wildman–Crippen MR) is 92.6 cm³/mol. The molecule has 0 radical (unpaired) electrons. The number of rotatable bonds is 3. The second kappa shape index (κ2) is 7.00. The van der Waals surface area contributed by atoms with Gasteiger partial charge >= 0.3 is 0 Å². The Balaban J connectivity index is 2.28. The van der Waals surface area contributed by atoms with Crippen molar-refractivity contribution in [2.75, 3.05) is 7.11 Å². The maximum atomic E-state index is 12.4. The molecule has 0 fully saturated rings. The van der Waals surface area contributed by atoms with Crippen LogP contribution in [0, 0.1) is 0 Å². The third kappa shape index (κ3) is 3.58. The van der Waals surface area contributed by atoms with Crippen molar-refractivity contribution in [2.45, 2.75) is 6.92 Å². The molecule has 0 aliphatic heterocycles. The van der Waals surface area contributed by atoms with Crippen LogP contribution in [0.1, 0.15) is 17.3 Å². The van der Waals surface area contributed by atoms with Crippen molar-refractivity contribution in [2.24, 2.45) is 4.99 Å². The standard InChI is InChI=1S/C19H16N2O4/c1-12(22)20-18(23)15-11-13-7-6-10-16(24-2)17(13)25-19(15)21-14-8-4-3-5-9-14/h3-11H,1-2H3,(H,20,22,23). The third-order valence-electron chi connectivity index (χ3n) is 3.48. The van der Waals surface area contributed by atoms with E-state index >= 15 is 0 Å². The minimum atomic E-state index is -0.573. The number of amides is 2. The van der Waals surface area contributed by atoms with Gasteiger partial charge in [-0.25, -0.2) is 4.99 Å². The molecule has 2 aromatic carbocycles. The van der Waals surface area contributed by atoms with Crippen molar-refractivity contribution in [3.05, 3.63) is 65.7 Å². The molecule has 0 atom stereocenters. The second-order valence-electron chi connectivity index (χ2n) is 5.30. The van der Waals surface area contributed by atoms with Gasteiger partial charge in [0.05, 0.1) is 12.8 Å². The fraction of sp³-hybridized carbons (Fsp3) is 0.105. The highest BCUT2D eigenvalue weighted by molar-refractivity contribution is 6.05. The molecule has 1 aromatic heterocycles. The number of methoxy groups -OCH3 is 1. The van der Waals surface area contributed by atoms with Gasteiger partial charge in [0.15, 0.2) is 11.3 Å². The van der Waals surface area contributed by atoms with Gasteiger partial charge in [-0.2, -0.15) is 0 Å². The largest absolute Gasteiger partial charge is 0.493 e. The van der Waals surface area contributed by atoms with E-state index in [1.54, 1.807) is 36.4 Å². The highest BCUT2D eigenvalue weighted by atomic mass is 16.5. The number of hydrogen-bond acceptors (Lipinski definition) is 5. The van der Waals surface area contributed by atoms with Gasteiger partial charge in [0.2, 0.25) is 11.5 Å². The summed E-state index contributed by atoms with van der Waals surface area (Å²) in [7, 11) is 1.54. The normalized spacial score (nSPS) is 11.4. The Bertz CT molecular complexity index is 1010. The minimum absolute atomic E-state index is 0.0990. The Morgan fingerprint density at radius 1 is 1.08 bits per heavy atom. The van der Waals surface area contributed by atoms with Crippen molar-refractivity contribution in [1.29, 1.82) is 0 Å². The molecule has 1 heterocycles. The fourth-order valence-corrected chi connectivity index (χ4v) is 2.38. The van der Waals surface area contributed by atoms with Crippen LogP contribution in [0.2, 0.25) is 0 Å². The van der Waals surface area contributed by atoms with Gasteiger partial charge in [0, 0.05) is 12.3 Å². The first-order valence-corrected chi connectivity index (χ1v) is 7.61. The van der Waals surface area contributed by atoms with Crippen molar-refractivity contribution in [3.63, 3.8) is 0 Å². The SMILES string of the molecule is COc1cccc2cc(C(=O)NC(C)=O)c(=Nc3ccccc3)oc12. The van der Waals surface area contributed by atoms with E-state index in [0.717, 1.165) is 0 Å². The van der Waals surface area contributed by atoms with Crippen LogP contribution < -0.4 is 15.6 Å². The Morgan fingerprint density at radius 3 is 2.52 bits per heavy atom. The summed E-state index contributed by atoms with van der Waals surface area (Å²) in [5.41, 5.74) is 1.36. The Labute approximate surface area is 143 Å². The molecule has 126 valence electrons. The molecule has 0 spiro atoms. The number of benzene rings is 2. The molecule has 0 aliphatic rings. The molecule has 2 amide bonds. The molecular weight excluding hydrogens is 320 g/mol. The zero-order valence-corrected chi connectivity index (χ0v) is 13.8. The quantitative estimate of drug-likeness (QED) is 0.797. The first-order valence-electron chi connectivity index (χ1n) is 7.61. The Hall–Kier alpha value is -3.41. The van der Waals surface area contributed by atoms with E-state index in [1.807, 2.05) is 18.2 Å². The van der Waals surface area contributed by atoms with E-state index in [1.165, 1.54) is 14.0 Å². The number of carbonyl (C=O) groups excluding carboxylic acids is 2. The van der Waals surface area contributed by atoms with Crippen LogP contribution in [-0.4, -0.2) is 18.9 Å². The molecule has 25 heavy (non-hydrogen) atoms. The van der Waals surface area contributed by atoms with E-state index in [2.05, 4.69) is 10.3 Å². The number of carbonyl (C=O) groups is 2. The van der Waals surface area contributed by atoms with Crippen molar-refractivity contribution in [3.8, 4) is 5.75 Å². The lowest BCUT2D eigenvalue weighted by Crippen LogP contribution is -2.32. The summed E-state index contributed by atoms with van der Waals surface area (Å²) >= 11 is 0. The zero-order chi connectivity index (χ0) is 17.8. The van der Waals surface area contributed by atoms with E-state index in [4.69, 9.17) is 9.15 Å². The van der Waals surface area contributed by atoms with Crippen LogP contribution in [0.15, 0.2) is 64.0 Å². The van der Waals surface area contributed by atoms with Crippen LogP contribution in [0.3, 0.4) is 0 Å². The molecule has 3 aromatic rings. The molecular formula is C19H16N2O4. The number of hydrogen-bond donors (Lipinski definition) is 1. The van der Waals surface area contributed by atoms with Crippen LogP contribution in [0.25, 0.3) is 11.0 Å². The van der Waals surface area contributed by atoms with Gasteiger partial charge in [-0.1, -0.05) is 30.3 Å². The highest BCUT2D eigenvalue weighted by Gasteiger charge is 2.15. The number of para-hydroxylation sites is 2. The monoisotopic (exact) mass is 336 g/mol. The lowest BCUT2D eigenvalue weighted by Gasteiger charge is -2.07. The minimum Gasteiger partial charge on any atom is -0.493 e. The van der Waals surface area contributed by atoms with Gasteiger partial charge in [-0.3, -0.25) is 14.9 Å². The van der Waals surface area contributed by atoms with Crippen LogP contribution in [0.5, 0.6) is 5.75 Å². The van der Waals surface area contributed by atoms with Gasteiger partial charge in [0.1, 0.15) is 5.56 Å². The Kier molecular flexibility index (Phi) is 4.61. The third-order valence-corrected chi connectivity index (χ3v) is 3.48. The average molecular weight is 336 g/mol. The molecule has 0 aliphatic carbocycles. The summed E-state index contributed by atoms with van der Waals surface area (Å²) in [6.45, 7) is 1.27. The molecule has 0 unspecified atom stereocenters. The fourth-order valence-electron chi connectivity index (χ4n) is 2.38. The molecule has 3 rings (SSSR count). The number of ether oxygens (including phenoxy) is 1. The van der Waals surface area contributed by atoms with E-state index in [0.29, 0.717) is 22.4 Å². The summed E-state index contributed by atoms with van der Waals surface area (Å²) in [5, 5.41) is 2.92. The van der Waals surface area contributed by atoms with E-state index in [-0.39, 0.29) is 11.1 Å². The maximum Gasteiger partial charge on any atom is 0.263 e. The number of nitrogens with one attached hydrogen (secondary N) is 1. The first kappa shape index (κ1) is 16.4. The van der Waals surface area contributed by atoms with Gasteiger partial charge in [0.25, 0.3) is 5.91 Å². The molecule has 6 nitrogen and oxygen atoms in total. The smallest absolute Gasteiger partial charge is 0.263 e. The summed E-state index contributed by atoms with van der Waals surface area (Å²) in [5.74, 6) is -0.502. The molecule has 0 saturated carbocycles. The van der Waals surface area contributed by atoms with E-state index in [9.17, 15) is 9.59 Å². The Morgan fingerprint density at radius 2 is 1.84 bits per heavy atom. The predicted octanol–water partition coefficient (Wildman–Crippen LogP) is 2.95. The number of imide groups is 1. The lowest BCUT2D eigenvalue weighted by atomic mass is 10.1. The molecule has 0 bridgehead atoms. The van der Waals surface area contributed by atoms with Crippen molar-refractivity contribution >= 4 is 28.5 Å². The van der Waals surface area contributed by atoms with Crippen molar-refractivity contribution < 1.29 is 18.7 Å².